The predicted octanol–water partition coefficient (Wildman–Crippen LogP) is 3.01. The Kier molecular flexibility index (Phi) is 3.57. The Balaban J connectivity index is 2.46. The van der Waals surface area contributed by atoms with Crippen molar-refractivity contribution in [1.82, 2.24) is 0 Å². The molecule has 70 valence electrons. The van der Waals surface area contributed by atoms with Crippen LogP contribution in [0.1, 0.15) is 39.5 Å². The number of Topliss-reactive ketones (excluding diaryl/α,β-unsaturated/α-hetero) is 1. The van der Waals surface area contributed by atoms with Gasteiger partial charge in [-0.05, 0) is 31.6 Å². The number of carbonyl (C=O) groups excluding carboxylic acids is 1. The van der Waals surface area contributed by atoms with E-state index in [4.69, 9.17) is 11.6 Å². The topological polar surface area (TPSA) is 17.1 Å². The summed E-state index contributed by atoms with van der Waals surface area (Å²) >= 11 is 6.22. The number of carbonyl (C=O) groups is 1. The van der Waals surface area contributed by atoms with Crippen LogP contribution in [0.5, 0.6) is 0 Å². The van der Waals surface area contributed by atoms with Crippen molar-refractivity contribution in [1.29, 1.82) is 0 Å². The summed E-state index contributed by atoms with van der Waals surface area (Å²) in [5.74, 6) is 1.30. The first-order valence-corrected chi connectivity index (χ1v) is 5.18. The molecule has 0 amide bonds. The average molecular weight is 189 g/mol. The molecule has 0 spiro atoms. The van der Waals surface area contributed by atoms with Crippen LogP contribution in [-0.2, 0) is 4.79 Å². The van der Waals surface area contributed by atoms with Crippen molar-refractivity contribution in [2.45, 2.75) is 44.9 Å². The van der Waals surface area contributed by atoms with Gasteiger partial charge in [-0.25, -0.2) is 0 Å². The lowest BCUT2D eigenvalue weighted by Gasteiger charge is -2.31. The summed E-state index contributed by atoms with van der Waals surface area (Å²) in [7, 11) is 0. The van der Waals surface area contributed by atoms with Crippen LogP contribution in [0.15, 0.2) is 0 Å². The highest BCUT2D eigenvalue weighted by molar-refractivity contribution is 6.21. The lowest BCUT2D eigenvalue weighted by molar-refractivity contribution is -0.118. The van der Waals surface area contributed by atoms with Gasteiger partial charge in [0.15, 0.2) is 0 Å². The number of halogens is 1. The van der Waals surface area contributed by atoms with E-state index < -0.39 is 0 Å². The third-order valence-corrected chi connectivity index (χ3v) is 3.56. The summed E-state index contributed by atoms with van der Waals surface area (Å²) in [6.07, 6.45) is 4.28. The molecule has 1 aliphatic rings. The third-order valence-electron chi connectivity index (χ3n) is 2.78. The molecule has 0 radical (unpaired) electrons. The third kappa shape index (κ3) is 2.48. The van der Waals surface area contributed by atoms with E-state index in [1.54, 1.807) is 6.92 Å². The zero-order valence-electron chi connectivity index (χ0n) is 7.85. The molecule has 3 atom stereocenters. The minimum absolute atomic E-state index is 0.225. The molecule has 0 saturated heterocycles. The van der Waals surface area contributed by atoms with E-state index in [0.717, 1.165) is 6.42 Å². The van der Waals surface area contributed by atoms with Crippen molar-refractivity contribution < 1.29 is 4.79 Å². The Hall–Kier alpha value is -0.0400. The van der Waals surface area contributed by atoms with Crippen molar-refractivity contribution in [2.24, 2.45) is 11.8 Å². The number of hydrogen-bond donors (Lipinski definition) is 0. The standard InChI is InChI=1S/C10H17ClO/c1-7-4-3-5-9(10(7)11)6-8(2)12/h7,9-10H,3-6H2,1-2H3. The highest BCUT2D eigenvalue weighted by Crippen LogP contribution is 2.35. The molecule has 1 rings (SSSR count). The van der Waals surface area contributed by atoms with Crippen LogP contribution in [0, 0.1) is 11.8 Å². The molecule has 1 saturated carbocycles. The van der Waals surface area contributed by atoms with Crippen molar-refractivity contribution in [3.63, 3.8) is 0 Å². The molecule has 0 aromatic heterocycles. The first kappa shape index (κ1) is 10.0. The Bertz CT molecular complexity index is 167. The quantitative estimate of drug-likeness (QED) is 0.609. The molecule has 0 heterocycles. The van der Waals surface area contributed by atoms with E-state index in [9.17, 15) is 4.79 Å². The molecule has 0 bridgehead atoms. The molecule has 0 aromatic rings. The van der Waals surface area contributed by atoms with E-state index in [-0.39, 0.29) is 11.2 Å². The maximum Gasteiger partial charge on any atom is 0.130 e. The minimum atomic E-state index is 0.225. The highest BCUT2D eigenvalue weighted by atomic mass is 35.5. The second kappa shape index (κ2) is 4.27. The second-order valence-electron chi connectivity index (χ2n) is 4.02. The Morgan fingerprint density at radius 2 is 2.17 bits per heavy atom. The van der Waals surface area contributed by atoms with E-state index in [0.29, 0.717) is 18.3 Å². The zero-order valence-corrected chi connectivity index (χ0v) is 8.60. The van der Waals surface area contributed by atoms with Gasteiger partial charge in [-0.3, -0.25) is 0 Å². The van der Waals surface area contributed by atoms with Crippen LogP contribution in [0.4, 0.5) is 0 Å². The largest absolute Gasteiger partial charge is 0.300 e. The molecule has 1 aliphatic carbocycles. The predicted molar refractivity (Wildman–Crippen MR) is 51.4 cm³/mol. The lowest BCUT2D eigenvalue weighted by atomic mass is 9.80. The van der Waals surface area contributed by atoms with Crippen LogP contribution in [0.2, 0.25) is 0 Å². The monoisotopic (exact) mass is 188 g/mol. The van der Waals surface area contributed by atoms with Crippen LogP contribution < -0.4 is 0 Å². The Morgan fingerprint density at radius 3 is 2.75 bits per heavy atom. The average Bonchev–Trinajstić information content (AvgIpc) is 1.98. The first-order chi connectivity index (χ1) is 5.61. The number of ketones is 1. The first-order valence-electron chi connectivity index (χ1n) is 4.74. The molecule has 1 nitrogen and oxygen atoms in total. The van der Waals surface area contributed by atoms with Gasteiger partial charge in [0.2, 0.25) is 0 Å². The molecule has 0 N–H and O–H groups in total. The maximum atomic E-state index is 10.9. The van der Waals surface area contributed by atoms with Crippen molar-refractivity contribution in [2.75, 3.05) is 0 Å². The van der Waals surface area contributed by atoms with Gasteiger partial charge in [-0.2, -0.15) is 0 Å². The fourth-order valence-electron chi connectivity index (χ4n) is 2.07. The Labute approximate surface area is 79.5 Å². The van der Waals surface area contributed by atoms with Gasteiger partial charge in [-0.1, -0.05) is 13.3 Å². The van der Waals surface area contributed by atoms with Crippen molar-refractivity contribution in [3.05, 3.63) is 0 Å². The van der Waals surface area contributed by atoms with Gasteiger partial charge in [0.1, 0.15) is 5.78 Å². The number of alkyl halides is 1. The van der Waals surface area contributed by atoms with Gasteiger partial charge in [0, 0.05) is 11.8 Å². The molecule has 12 heavy (non-hydrogen) atoms. The number of hydrogen-bond acceptors (Lipinski definition) is 1. The van der Waals surface area contributed by atoms with E-state index >= 15 is 0 Å². The SMILES string of the molecule is CC(=O)CC1CCCC(C)C1Cl. The number of rotatable bonds is 2. The van der Waals surface area contributed by atoms with E-state index in [1.165, 1.54) is 12.8 Å². The Morgan fingerprint density at radius 1 is 1.50 bits per heavy atom. The van der Waals surface area contributed by atoms with Crippen molar-refractivity contribution in [3.8, 4) is 0 Å². The summed E-state index contributed by atoms with van der Waals surface area (Å²) < 4.78 is 0. The van der Waals surface area contributed by atoms with Gasteiger partial charge in [-0.15, -0.1) is 11.6 Å². The van der Waals surface area contributed by atoms with Crippen LogP contribution in [0.25, 0.3) is 0 Å². The van der Waals surface area contributed by atoms with E-state index in [2.05, 4.69) is 6.92 Å². The maximum absolute atomic E-state index is 10.9. The molecule has 2 heteroatoms. The van der Waals surface area contributed by atoms with E-state index in [1.807, 2.05) is 0 Å². The highest BCUT2D eigenvalue weighted by Gasteiger charge is 2.29. The molecule has 3 unspecified atom stereocenters. The van der Waals surface area contributed by atoms with Crippen molar-refractivity contribution >= 4 is 17.4 Å². The van der Waals surface area contributed by atoms with Crippen LogP contribution in [-0.4, -0.2) is 11.2 Å². The van der Waals surface area contributed by atoms with Gasteiger partial charge in [0.05, 0.1) is 0 Å². The summed E-state index contributed by atoms with van der Waals surface area (Å²) in [4.78, 5) is 10.9. The van der Waals surface area contributed by atoms with Gasteiger partial charge < -0.3 is 4.79 Å². The molecule has 1 fully saturated rings. The molecule has 0 aliphatic heterocycles. The molecular weight excluding hydrogens is 172 g/mol. The summed E-state index contributed by atoms with van der Waals surface area (Å²) in [6.45, 7) is 3.84. The summed E-state index contributed by atoms with van der Waals surface area (Å²) in [6, 6.07) is 0. The normalized spacial score (nSPS) is 36.4. The minimum Gasteiger partial charge on any atom is -0.300 e. The summed E-state index contributed by atoms with van der Waals surface area (Å²) in [5, 5.41) is 0.225. The van der Waals surface area contributed by atoms with Gasteiger partial charge >= 0.3 is 0 Å². The van der Waals surface area contributed by atoms with Crippen LogP contribution >= 0.6 is 11.6 Å². The fourth-order valence-corrected chi connectivity index (χ4v) is 2.41. The fraction of sp³-hybridized carbons (Fsp3) is 0.900. The lowest BCUT2D eigenvalue weighted by Crippen LogP contribution is -2.28. The second-order valence-corrected chi connectivity index (χ2v) is 4.52. The molecule has 0 aromatic carbocycles. The van der Waals surface area contributed by atoms with Crippen LogP contribution in [0.3, 0.4) is 0 Å². The molecular formula is C10H17ClO. The zero-order chi connectivity index (χ0) is 9.14. The summed E-state index contributed by atoms with van der Waals surface area (Å²) in [5.41, 5.74) is 0. The smallest absolute Gasteiger partial charge is 0.130 e. The van der Waals surface area contributed by atoms with Gasteiger partial charge in [0.25, 0.3) is 0 Å².